The molecule has 0 bridgehead atoms. The smallest absolute Gasteiger partial charge is 0.282 e. The molecule has 5 rings (SSSR count). The van der Waals surface area contributed by atoms with Crippen molar-refractivity contribution >= 4 is 5.91 Å². The molecule has 0 atom stereocenters. The number of piperazine rings is 1. The first-order chi connectivity index (χ1) is 16.4. The summed E-state index contributed by atoms with van der Waals surface area (Å²) in [6, 6.07) is 11.6. The van der Waals surface area contributed by atoms with Crippen molar-refractivity contribution in [1.29, 1.82) is 0 Å². The third kappa shape index (κ3) is 4.61. The Kier molecular flexibility index (Phi) is 6.20. The zero-order valence-electron chi connectivity index (χ0n) is 19.6. The Balaban J connectivity index is 1.20. The molecular formula is C25H30F2N6O. The molecule has 1 saturated carbocycles. The van der Waals surface area contributed by atoms with Crippen molar-refractivity contribution in [2.45, 2.75) is 52.1 Å². The van der Waals surface area contributed by atoms with Crippen LogP contribution in [0.2, 0.25) is 0 Å². The summed E-state index contributed by atoms with van der Waals surface area (Å²) >= 11 is 0. The van der Waals surface area contributed by atoms with Crippen LogP contribution in [0.4, 0.5) is 8.78 Å². The fraction of sp³-hybridized carbons (Fsp3) is 0.480. The molecule has 9 heteroatoms. The van der Waals surface area contributed by atoms with Gasteiger partial charge in [0.05, 0.1) is 11.4 Å². The first-order valence-electron chi connectivity index (χ1n) is 11.9. The highest BCUT2D eigenvalue weighted by Crippen LogP contribution is 2.41. The van der Waals surface area contributed by atoms with Gasteiger partial charge in [0.2, 0.25) is 5.91 Å². The second-order valence-corrected chi connectivity index (χ2v) is 9.28. The van der Waals surface area contributed by atoms with Crippen molar-refractivity contribution in [3.8, 4) is 5.69 Å². The van der Waals surface area contributed by atoms with Crippen LogP contribution in [0.15, 0.2) is 36.4 Å². The Bertz CT molecular complexity index is 1160. The number of hydrogen-bond acceptors (Lipinski definition) is 4. The first-order valence-corrected chi connectivity index (χ1v) is 11.9. The van der Waals surface area contributed by atoms with Crippen LogP contribution >= 0.6 is 0 Å². The molecule has 180 valence electrons. The van der Waals surface area contributed by atoms with Crippen LogP contribution in [0.3, 0.4) is 0 Å². The lowest BCUT2D eigenvalue weighted by molar-refractivity contribution is -0.133. The summed E-state index contributed by atoms with van der Waals surface area (Å²) in [5.74, 6) is 0.197. The van der Waals surface area contributed by atoms with Gasteiger partial charge in [-0.3, -0.25) is 14.4 Å². The van der Waals surface area contributed by atoms with E-state index >= 15 is 0 Å². The Morgan fingerprint density at radius 2 is 1.76 bits per heavy atom. The van der Waals surface area contributed by atoms with E-state index in [0.29, 0.717) is 13.1 Å². The van der Waals surface area contributed by atoms with Gasteiger partial charge in [-0.05, 0) is 44.9 Å². The Morgan fingerprint density at radius 3 is 2.41 bits per heavy atom. The number of halogens is 2. The summed E-state index contributed by atoms with van der Waals surface area (Å²) in [5.41, 5.74) is 4.94. The number of aryl methyl sites for hydroxylation is 1. The lowest BCUT2D eigenvalue weighted by Crippen LogP contribution is -2.49. The van der Waals surface area contributed by atoms with E-state index in [1.165, 1.54) is 16.3 Å². The minimum atomic E-state index is -2.62. The molecule has 2 aliphatic rings. The fourth-order valence-electron chi connectivity index (χ4n) is 4.72. The van der Waals surface area contributed by atoms with Crippen molar-refractivity contribution in [2.75, 3.05) is 26.2 Å². The third-order valence-corrected chi connectivity index (χ3v) is 6.88. The second-order valence-electron chi connectivity index (χ2n) is 9.28. The highest BCUT2D eigenvalue weighted by Gasteiger charge is 2.31. The van der Waals surface area contributed by atoms with Crippen LogP contribution in [-0.4, -0.2) is 61.4 Å². The molecule has 0 unspecified atom stereocenters. The minimum Gasteiger partial charge on any atom is -0.339 e. The molecular weight excluding hydrogens is 438 g/mol. The molecule has 1 amide bonds. The quantitative estimate of drug-likeness (QED) is 0.529. The normalized spacial score (nSPS) is 17.0. The highest BCUT2D eigenvalue weighted by molar-refractivity contribution is 5.76. The minimum absolute atomic E-state index is 0.0284. The van der Waals surface area contributed by atoms with Crippen molar-refractivity contribution in [2.24, 2.45) is 0 Å². The predicted molar refractivity (Wildman–Crippen MR) is 124 cm³/mol. The van der Waals surface area contributed by atoms with Gasteiger partial charge in [-0.15, -0.1) is 0 Å². The van der Waals surface area contributed by atoms with Gasteiger partial charge >= 0.3 is 0 Å². The van der Waals surface area contributed by atoms with E-state index in [4.69, 9.17) is 5.10 Å². The molecule has 1 saturated heterocycles. The molecule has 1 aliphatic heterocycles. The predicted octanol–water partition coefficient (Wildman–Crippen LogP) is 3.85. The average molecular weight is 469 g/mol. The maximum atomic E-state index is 13.1. The molecule has 0 spiro atoms. The van der Waals surface area contributed by atoms with Crippen LogP contribution in [0.5, 0.6) is 0 Å². The zero-order chi connectivity index (χ0) is 23.8. The Hall–Kier alpha value is -3.07. The maximum absolute atomic E-state index is 13.1. The number of carbonyl (C=O) groups excluding carboxylic acids is 1. The van der Waals surface area contributed by atoms with Crippen LogP contribution in [0.25, 0.3) is 5.69 Å². The summed E-state index contributed by atoms with van der Waals surface area (Å²) in [7, 11) is 0. The number of hydrogen-bond donors (Lipinski definition) is 0. The standard InChI is InChI=1S/C25H30F2N6O/c1-17-21(18(2)33(28-17)20-6-4-3-5-7-20)15-30-10-12-31(13-11-30)24(34)16-32-23(19-8-9-19)14-22(29-32)25(26)27/h3-7,14,19,25H,8-13,15-16H2,1-2H3. The van der Waals surface area contributed by atoms with Gasteiger partial charge in [0.15, 0.2) is 0 Å². The monoisotopic (exact) mass is 468 g/mol. The molecule has 0 radical (unpaired) electrons. The number of amides is 1. The van der Waals surface area contributed by atoms with E-state index in [0.717, 1.165) is 55.2 Å². The van der Waals surface area contributed by atoms with E-state index < -0.39 is 6.43 Å². The maximum Gasteiger partial charge on any atom is 0.282 e. The average Bonchev–Trinajstić information content (AvgIpc) is 3.54. The molecule has 1 aromatic carbocycles. The molecule has 2 fully saturated rings. The van der Waals surface area contributed by atoms with E-state index in [1.54, 1.807) is 0 Å². The lowest BCUT2D eigenvalue weighted by Gasteiger charge is -2.35. The number of carbonyl (C=O) groups is 1. The topological polar surface area (TPSA) is 59.2 Å². The highest BCUT2D eigenvalue weighted by atomic mass is 19.3. The van der Waals surface area contributed by atoms with Crippen molar-refractivity contribution in [3.63, 3.8) is 0 Å². The third-order valence-electron chi connectivity index (χ3n) is 6.88. The number of alkyl halides is 2. The molecule has 0 N–H and O–H groups in total. The Labute approximate surface area is 198 Å². The van der Waals surface area contributed by atoms with E-state index in [1.807, 2.05) is 46.8 Å². The molecule has 3 aromatic rings. The van der Waals surface area contributed by atoms with Gasteiger partial charge < -0.3 is 4.90 Å². The number of benzene rings is 1. The largest absolute Gasteiger partial charge is 0.339 e. The van der Waals surface area contributed by atoms with Gasteiger partial charge in [-0.2, -0.15) is 10.2 Å². The number of aromatic nitrogens is 4. The summed E-state index contributed by atoms with van der Waals surface area (Å²) < 4.78 is 29.7. The molecule has 2 aromatic heterocycles. The van der Waals surface area contributed by atoms with Crippen LogP contribution in [-0.2, 0) is 17.9 Å². The van der Waals surface area contributed by atoms with Crippen molar-refractivity contribution < 1.29 is 13.6 Å². The van der Waals surface area contributed by atoms with Gasteiger partial charge in [0.25, 0.3) is 6.43 Å². The van der Waals surface area contributed by atoms with Gasteiger partial charge in [-0.25, -0.2) is 13.5 Å². The zero-order valence-corrected chi connectivity index (χ0v) is 19.6. The van der Waals surface area contributed by atoms with E-state index in [9.17, 15) is 13.6 Å². The van der Waals surface area contributed by atoms with E-state index in [-0.39, 0.29) is 24.1 Å². The number of nitrogens with zero attached hydrogens (tertiary/aromatic N) is 6. The van der Waals surface area contributed by atoms with Crippen LogP contribution in [0, 0.1) is 13.8 Å². The van der Waals surface area contributed by atoms with Gasteiger partial charge in [-0.1, -0.05) is 18.2 Å². The fourth-order valence-corrected chi connectivity index (χ4v) is 4.72. The molecule has 34 heavy (non-hydrogen) atoms. The number of rotatable bonds is 7. The van der Waals surface area contributed by atoms with Crippen molar-refractivity contribution in [1.82, 2.24) is 29.4 Å². The summed E-state index contributed by atoms with van der Waals surface area (Å²) in [5, 5.41) is 8.76. The van der Waals surface area contributed by atoms with Crippen LogP contribution < -0.4 is 0 Å². The summed E-state index contributed by atoms with van der Waals surface area (Å²) in [6.45, 7) is 7.71. The first kappa shape index (κ1) is 22.7. The van der Waals surface area contributed by atoms with Gasteiger partial charge in [0.1, 0.15) is 12.2 Å². The SMILES string of the molecule is Cc1nn(-c2ccccc2)c(C)c1CN1CCN(C(=O)Cn2nc(C(F)F)cc2C2CC2)CC1. The van der Waals surface area contributed by atoms with Crippen LogP contribution in [0.1, 0.15) is 53.5 Å². The molecule has 3 heterocycles. The Morgan fingerprint density at radius 1 is 1.06 bits per heavy atom. The second kappa shape index (κ2) is 9.29. The van der Waals surface area contributed by atoms with Gasteiger partial charge in [0, 0.05) is 55.6 Å². The van der Waals surface area contributed by atoms with E-state index in [2.05, 4.69) is 16.9 Å². The lowest BCUT2D eigenvalue weighted by atomic mass is 10.1. The number of para-hydroxylation sites is 1. The molecule has 7 nitrogen and oxygen atoms in total. The van der Waals surface area contributed by atoms with Crippen molar-refractivity contribution in [3.05, 3.63) is 64.7 Å². The summed E-state index contributed by atoms with van der Waals surface area (Å²) in [4.78, 5) is 17.1. The summed E-state index contributed by atoms with van der Waals surface area (Å²) in [6.07, 6.45) is -0.669. The molecule has 1 aliphatic carbocycles.